The standard InChI is InChI=1S/C49H58N8O7/c1-7-27(4)43(55-49(61)63-6)47(59)57-23-9-11-37(57)45-51-33-19-16-30(24-34(33)52-45)32-18-17-31(40-38-20-21-39(64-38)41(32)40)28-12-14-29(15-13-28)35-25-50-44(53-35)36-10-8-22-56(36)46(58)42(26(2)3)54-48(60)62-5/h12-19,24-27,36-39,42-43H,7-11,20-23H2,1-6H3,(H,50,53)(H,51,52)(H,54,60)(H,55,61)/t27?,36-,37?,38?,39?,42-,43-/m0/s1. The van der Waals surface area contributed by atoms with Gasteiger partial charge in [-0.3, -0.25) is 9.59 Å². The van der Waals surface area contributed by atoms with Crippen molar-refractivity contribution in [3.63, 3.8) is 0 Å². The first-order valence-electron chi connectivity index (χ1n) is 22.8. The number of hydrogen-bond donors (Lipinski definition) is 4. The molecule has 4 amide bonds. The zero-order valence-corrected chi connectivity index (χ0v) is 37.4. The minimum absolute atomic E-state index is 0.0230. The number of methoxy groups -OCH3 is 2. The maximum atomic E-state index is 13.9. The highest BCUT2D eigenvalue weighted by atomic mass is 16.5. The minimum Gasteiger partial charge on any atom is -0.453 e. The molecule has 9 rings (SSSR count). The van der Waals surface area contributed by atoms with Gasteiger partial charge in [-0.15, -0.1) is 0 Å². The molecule has 0 radical (unpaired) electrons. The Morgan fingerprint density at radius 1 is 0.734 bits per heavy atom. The summed E-state index contributed by atoms with van der Waals surface area (Å²) in [6.07, 6.45) is 6.59. The van der Waals surface area contributed by atoms with E-state index in [-0.39, 0.29) is 47.9 Å². The van der Waals surface area contributed by atoms with Crippen molar-refractivity contribution in [3.8, 4) is 33.5 Å². The zero-order chi connectivity index (χ0) is 44.8. The van der Waals surface area contributed by atoms with Gasteiger partial charge in [-0.1, -0.05) is 76.6 Å². The summed E-state index contributed by atoms with van der Waals surface area (Å²) in [4.78, 5) is 72.3. The lowest BCUT2D eigenvalue weighted by Gasteiger charge is -2.30. The number of benzene rings is 3. The molecule has 3 fully saturated rings. The van der Waals surface area contributed by atoms with Crippen LogP contribution in [0.3, 0.4) is 0 Å². The molecule has 5 aromatic rings. The summed E-state index contributed by atoms with van der Waals surface area (Å²) in [5.41, 5.74) is 10.6. The van der Waals surface area contributed by atoms with Gasteiger partial charge in [-0.25, -0.2) is 19.6 Å². The van der Waals surface area contributed by atoms with E-state index in [1.807, 2.05) is 49.8 Å². The Balaban J connectivity index is 0.948. The maximum Gasteiger partial charge on any atom is 0.407 e. The molecule has 4 N–H and O–H groups in total. The van der Waals surface area contributed by atoms with E-state index >= 15 is 0 Å². The maximum absolute atomic E-state index is 13.9. The lowest BCUT2D eigenvalue weighted by molar-refractivity contribution is -0.136. The van der Waals surface area contributed by atoms with Gasteiger partial charge in [-0.05, 0) is 101 Å². The average molecular weight is 871 g/mol. The van der Waals surface area contributed by atoms with E-state index in [2.05, 4.69) is 69.1 Å². The van der Waals surface area contributed by atoms with Gasteiger partial charge in [0.15, 0.2) is 0 Å². The van der Waals surface area contributed by atoms with E-state index in [4.69, 9.17) is 24.2 Å². The largest absolute Gasteiger partial charge is 0.453 e. The Morgan fingerprint density at radius 3 is 1.91 bits per heavy atom. The topological polar surface area (TPSA) is 184 Å². The number of imidazole rings is 2. The summed E-state index contributed by atoms with van der Waals surface area (Å²) in [6, 6.07) is 17.5. The number of H-pyrrole nitrogens is 2. The number of amides is 4. The lowest BCUT2D eigenvalue weighted by atomic mass is 9.81. The highest BCUT2D eigenvalue weighted by Crippen LogP contribution is 2.56. The normalized spacial score (nSPS) is 21.5. The van der Waals surface area contributed by atoms with Crippen LogP contribution in [-0.4, -0.2) is 93.1 Å². The third kappa shape index (κ3) is 7.88. The average Bonchev–Trinajstić information content (AvgIpc) is 4.18. The molecule has 4 unspecified atom stereocenters. The number of carbonyl (C=O) groups is 4. The van der Waals surface area contributed by atoms with Crippen molar-refractivity contribution in [3.05, 3.63) is 83.6 Å². The fourth-order valence-electron chi connectivity index (χ4n) is 10.3. The van der Waals surface area contributed by atoms with Gasteiger partial charge in [0.2, 0.25) is 11.8 Å². The third-order valence-electron chi connectivity index (χ3n) is 13.9. The summed E-state index contributed by atoms with van der Waals surface area (Å²) in [5, 5.41) is 5.49. The Hall–Kier alpha value is -6.22. The molecule has 4 aliphatic heterocycles. The van der Waals surface area contributed by atoms with Gasteiger partial charge in [0.1, 0.15) is 23.7 Å². The molecular weight excluding hydrogens is 813 g/mol. The van der Waals surface area contributed by atoms with Crippen LogP contribution in [-0.2, 0) is 23.8 Å². The number of hydrogen-bond acceptors (Lipinski definition) is 9. The van der Waals surface area contributed by atoms with E-state index in [9.17, 15) is 19.2 Å². The molecular formula is C49H58N8O7. The van der Waals surface area contributed by atoms with E-state index in [0.717, 1.165) is 101 Å². The summed E-state index contributed by atoms with van der Waals surface area (Å²) in [5.74, 6) is 1.05. The lowest BCUT2D eigenvalue weighted by Crippen LogP contribution is -2.51. The Labute approximate surface area is 373 Å². The second-order valence-corrected chi connectivity index (χ2v) is 18.0. The number of nitrogens with one attached hydrogen (secondary N) is 4. The number of aromatic nitrogens is 4. The van der Waals surface area contributed by atoms with Crippen LogP contribution >= 0.6 is 0 Å². The monoisotopic (exact) mass is 870 g/mol. The number of carbonyl (C=O) groups excluding carboxylic acids is 4. The molecule has 64 heavy (non-hydrogen) atoms. The third-order valence-corrected chi connectivity index (χ3v) is 13.9. The van der Waals surface area contributed by atoms with Crippen LogP contribution in [0.2, 0.25) is 0 Å². The Morgan fingerprint density at radius 2 is 1.30 bits per heavy atom. The summed E-state index contributed by atoms with van der Waals surface area (Å²) in [6.45, 7) is 8.98. The van der Waals surface area contributed by atoms with Crippen molar-refractivity contribution >= 4 is 35.0 Å². The van der Waals surface area contributed by atoms with Gasteiger partial charge < -0.3 is 44.6 Å². The molecule has 0 aliphatic carbocycles. The number of rotatable bonds is 12. The predicted octanol–water partition coefficient (Wildman–Crippen LogP) is 8.67. The van der Waals surface area contributed by atoms with Gasteiger partial charge in [0.25, 0.3) is 0 Å². The molecule has 2 bridgehead atoms. The van der Waals surface area contributed by atoms with Crippen LogP contribution in [0.15, 0.2) is 60.8 Å². The molecule has 7 atom stereocenters. The van der Waals surface area contributed by atoms with Gasteiger partial charge in [0, 0.05) is 13.1 Å². The van der Waals surface area contributed by atoms with Crippen LogP contribution < -0.4 is 10.6 Å². The fraction of sp³-hybridized carbons (Fsp3) is 0.469. The van der Waals surface area contributed by atoms with Gasteiger partial charge in [0.05, 0.1) is 61.4 Å². The summed E-state index contributed by atoms with van der Waals surface area (Å²) >= 11 is 0. The first-order valence-corrected chi connectivity index (χ1v) is 22.8. The van der Waals surface area contributed by atoms with E-state index in [1.165, 1.54) is 25.3 Å². The smallest absolute Gasteiger partial charge is 0.407 e. The summed E-state index contributed by atoms with van der Waals surface area (Å²) < 4.78 is 16.2. The molecule has 0 spiro atoms. The predicted molar refractivity (Wildman–Crippen MR) is 241 cm³/mol. The molecule has 3 saturated heterocycles. The van der Waals surface area contributed by atoms with Crippen LogP contribution in [0.25, 0.3) is 44.5 Å². The van der Waals surface area contributed by atoms with Crippen molar-refractivity contribution in [2.75, 3.05) is 27.3 Å². The van der Waals surface area contributed by atoms with Crippen molar-refractivity contribution in [1.82, 2.24) is 40.4 Å². The highest BCUT2D eigenvalue weighted by molar-refractivity contribution is 5.89. The molecule has 15 nitrogen and oxygen atoms in total. The molecule has 6 heterocycles. The van der Waals surface area contributed by atoms with E-state index in [0.29, 0.717) is 13.1 Å². The minimum atomic E-state index is -0.694. The van der Waals surface area contributed by atoms with E-state index < -0.39 is 24.3 Å². The molecule has 15 heteroatoms. The van der Waals surface area contributed by atoms with Crippen LogP contribution in [0.4, 0.5) is 9.59 Å². The second kappa shape index (κ2) is 17.7. The SMILES string of the molecule is CCC(C)[C@H](NC(=O)OC)C(=O)N1CCCC1c1nc2ccc(-c3ccc(-c4ccc(-c5cnc([C@@H]6CCCN6C(=O)[C@@H](NC(=O)OC)C(C)C)[nH]5)cc4)c4c3C3CCC4O3)cc2[nH]1. The molecule has 3 aromatic carbocycles. The van der Waals surface area contributed by atoms with E-state index in [1.54, 1.807) is 0 Å². The van der Waals surface area contributed by atoms with Crippen molar-refractivity contribution in [2.24, 2.45) is 11.8 Å². The molecule has 4 aliphatic rings. The molecule has 336 valence electrons. The first-order chi connectivity index (χ1) is 31.0. The van der Waals surface area contributed by atoms with Gasteiger partial charge >= 0.3 is 12.2 Å². The molecule has 0 saturated carbocycles. The summed E-state index contributed by atoms with van der Waals surface area (Å²) in [7, 11) is 2.61. The fourth-order valence-corrected chi connectivity index (χ4v) is 10.3. The van der Waals surface area contributed by atoms with Crippen molar-refractivity contribution < 1.29 is 33.4 Å². The van der Waals surface area contributed by atoms with Crippen LogP contribution in [0.1, 0.15) is 120 Å². The zero-order valence-electron chi connectivity index (χ0n) is 37.4. The number of likely N-dealkylation sites (tertiary alicyclic amines) is 2. The number of ether oxygens (including phenoxy) is 3. The van der Waals surface area contributed by atoms with Gasteiger partial charge in [-0.2, -0.15) is 0 Å². The number of nitrogens with zero attached hydrogens (tertiary/aromatic N) is 4. The van der Waals surface area contributed by atoms with Crippen molar-refractivity contribution in [2.45, 2.75) is 109 Å². The number of fused-ring (bicyclic) bond motifs is 6. The van der Waals surface area contributed by atoms with Crippen LogP contribution in [0, 0.1) is 11.8 Å². The quantitative estimate of drug-likeness (QED) is 0.0953. The van der Waals surface area contributed by atoms with Crippen LogP contribution in [0.5, 0.6) is 0 Å². The molecule has 2 aromatic heterocycles. The Bertz CT molecular complexity index is 2570. The number of aromatic amines is 2. The number of alkyl carbamates (subject to hydrolysis) is 2. The second-order valence-electron chi connectivity index (χ2n) is 18.0. The Kier molecular flexibility index (Phi) is 11.9. The first kappa shape index (κ1) is 43.1. The highest BCUT2D eigenvalue weighted by Gasteiger charge is 2.43. The van der Waals surface area contributed by atoms with Crippen molar-refractivity contribution in [1.29, 1.82) is 0 Å².